The number of hydrogen-bond acceptors (Lipinski definition) is 3. The molecular weight excluding hydrogens is 265 g/mol. The van der Waals surface area contributed by atoms with Gasteiger partial charge in [-0.15, -0.1) is 0 Å². The Morgan fingerprint density at radius 1 is 1.35 bits per heavy atom. The highest BCUT2D eigenvalue weighted by Crippen LogP contribution is 2.21. The zero-order chi connectivity index (χ0) is 12.8. The van der Waals surface area contributed by atoms with E-state index >= 15 is 0 Å². The van der Waals surface area contributed by atoms with Gasteiger partial charge in [0, 0.05) is 16.1 Å². The fourth-order valence-corrected chi connectivity index (χ4v) is 1.46. The minimum Gasteiger partial charge on any atom is -0.452 e. The molecule has 0 spiro atoms. The number of hydrogen-bond donors (Lipinski definition) is 1. The Balaban J connectivity index is 2.64. The molecule has 90 valence electrons. The van der Waals surface area contributed by atoms with Crippen LogP contribution in [0, 0.1) is 0 Å². The van der Waals surface area contributed by atoms with Crippen molar-refractivity contribution in [3.05, 3.63) is 39.9 Å². The Labute approximate surface area is 108 Å². The largest absolute Gasteiger partial charge is 0.452 e. The lowest BCUT2D eigenvalue weighted by Gasteiger charge is -1.99. The van der Waals surface area contributed by atoms with E-state index in [1.165, 1.54) is 6.08 Å². The smallest absolute Gasteiger partial charge is 0.331 e. The van der Waals surface area contributed by atoms with Crippen LogP contribution < -0.4 is 5.73 Å². The molecule has 0 unspecified atom stereocenters. The minimum absolute atomic E-state index is 0.413. The van der Waals surface area contributed by atoms with E-state index in [9.17, 15) is 9.59 Å². The monoisotopic (exact) mass is 273 g/mol. The Bertz CT molecular complexity index is 472. The molecule has 0 saturated carbocycles. The summed E-state index contributed by atoms with van der Waals surface area (Å²) in [5, 5.41) is 0.917. The van der Waals surface area contributed by atoms with Gasteiger partial charge in [-0.05, 0) is 23.8 Å². The van der Waals surface area contributed by atoms with Crippen molar-refractivity contribution in [2.24, 2.45) is 5.73 Å². The first kappa shape index (κ1) is 13.5. The molecule has 0 bridgehead atoms. The number of carbonyl (C=O) groups is 2. The first-order valence-electron chi connectivity index (χ1n) is 4.57. The number of carbonyl (C=O) groups excluding carboxylic acids is 2. The number of primary amides is 1. The number of rotatable bonds is 4. The maximum absolute atomic E-state index is 11.1. The molecule has 0 saturated heterocycles. The van der Waals surface area contributed by atoms with E-state index in [0.29, 0.717) is 15.6 Å². The van der Waals surface area contributed by atoms with E-state index in [2.05, 4.69) is 4.74 Å². The standard InChI is InChI=1S/C11H9Cl2NO3/c12-8-3-1-7(9(13)5-8)2-4-11(16)17-6-10(14)15/h1-5H,6H2,(H2,14,15)/b4-2+. The van der Waals surface area contributed by atoms with Crippen molar-refractivity contribution in [2.75, 3.05) is 6.61 Å². The summed E-state index contributed by atoms with van der Waals surface area (Å²) < 4.78 is 4.52. The second-order valence-electron chi connectivity index (χ2n) is 3.07. The van der Waals surface area contributed by atoms with E-state index in [0.717, 1.165) is 6.08 Å². The van der Waals surface area contributed by atoms with E-state index in [1.54, 1.807) is 18.2 Å². The zero-order valence-corrected chi connectivity index (χ0v) is 10.2. The Morgan fingerprint density at radius 3 is 2.65 bits per heavy atom. The molecule has 0 radical (unpaired) electrons. The Kier molecular flexibility index (Phi) is 5.00. The summed E-state index contributed by atoms with van der Waals surface area (Å²) in [6.45, 7) is -0.447. The molecule has 0 aliphatic carbocycles. The summed E-state index contributed by atoms with van der Waals surface area (Å²) in [5.74, 6) is -1.38. The highest BCUT2D eigenvalue weighted by Gasteiger charge is 2.01. The number of ether oxygens (including phenoxy) is 1. The molecule has 2 N–H and O–H groups in total. The van der Waals surface area contributed by atoms with E-state index in [4.69, 9.17) is 28.9 Å². The maximum atomic E-state index is 11.1. The van der Waals surface area contributed by atoms with E-state index in [1.807, 2.05) is 0 Å². The SMILES string of the molecule is NC(=O)COC(=O)/C=C/c1ccc(Cl)cc1Cl. The summed E-state index contributed by atoms with van der Waals surface area (Å²) in [6, 6.07) is 4.85. The lowest BCUT2D eigenvalue weighted by atomic mass is 10.2. The third-order valence-electron chi connectivity index (χ3n) is 1.72. The van der Waals surface area contributed by atoms with Crippen molar-refractivity contribution in [3.8, 4) is 0 Å². The van der Waals surface area contributed by atoms with E-state index < -0.39 is 18.5 Å². The lowest BCUT2D eigenvalue weighted by Crippen LogP contribution is -2.19. The van der Waals surface area contributed by atoms with Crippen LogP contribution in [0.4, 0.5) is 0 Å². The summed E-state index contributed by atoms with van der Waals surface area (Å²) >= 11 is 11.6. The van der Waals surface area contributed by atoms with Crippen LogP contribution in [-0.4, -0.2) is 18.5 Å². The third-order valence-corrected chi connectivity index (χ3v) is 2.28. The van der Waals surface area contributed by atoms with Crippen LogP contribution in [0.1, 0.15) is 5.56 Å². The van der Waals surface area contributed by atoms with Crippen molar-refractivity contribution in [3.63, 3.8) is 0 Å². The van der Waals surface area contributed by atoms with Gasteiger partial charge in [0.1, 0.15) is 0 Å². The van der Waals surface area contributed by atoms with Gasteiger partial charge in [-0.25, -0.2) is 4.79 Å². The van der Waals surface area contributed by atoms with Crippen molar-refractivity contribution in [1.82, 2.24) is 0 Å². The molecular formula is C11H9Cl2NO3. The number of halogens is 2. The predicted molar refractivity (Wildman–Crippen MR) is 65.6 cm³/mol. The van der Waals surface area contributed by atoms with Gasteiger partial charge >= 0.3 is 5.97 Å². The van der Waals surface area contributed by atoms with Gasteiger partial charge in [0.05, 0.1) is 0 Å². The number of benzene rings is 1. The number of esters is 1. The fraction of sp³-hybridized carbons (Fsp3) is 0.0909. The quantitative estimate of drug-likeness (QED) is 0.674. The average Bonchev–Trinajstić information content (AvgIpc) is 2.25. The molecule has 0 aliphatic heterocycles. The first-order chi connectivity index (χ1) is 7.99. The Hall–Kier alpha value is -1.52. The minimum atomic E-state index is -0.712. The van der Waals surface area contributed by atoms with Gasteiger partial charge in [0.25, 0.3) is 5.91 Å². The van der Waals surface area contributed by atoms with Crippen LogP contribution in [0.2, 0.25) is 10.0 Å². The van der Waals surface area contributed by atoms with Gasteiger partial charge in [0.2, 0.25) is 0 Å². The molecule has 0 fully saturated rings. The Morgan fingerprint density at radius 2 is 2.06 bits per heavy atom. The van der Waals surface area contributed by atoms with Crippen LogP contribution >= 0.6 is 23.2 Å². The van der Waals surface area contributed by atoms with Crippen molar-refractivity contribution < 1.29 is 14.3 Å². The maximum Gasteiger partial charge on any atom is 0.331 e. The van der Waals surface area contributed by atoms with Gasteiger partial charge in [-0.3, -0.25) is 4.79 Å². The number of nitrogens with two attached hydrogens (primary N) is 1. The summed E-state index contributed by atoms with van der Waals surface area (Å²) in [4.78, 5) is 21.5. The molecule has 1 rings (SSSR count). The van der Waals surface area contributed by atoms with Gasteiger partial charge in [0.15, 0.2) is 6.61 Å². The van der Waals surface area contributed by atoms with E-state index in [-0.39, 0.29) is 0 Å². The van der Waals surface area contributed by atoms with Gasteiger partial charge < -0.3 is 10.5 Å². The normalized spacial score (nSPS) is 10.5. The zero-order valence-electron chi connectivity index (χ0n) is 8.65. The predicted octanol–water partition coefficient (Wildman–Crippen LogP) is 2.04. The van der Waals surface area contributed by atoms with Crippen LogP contribution in [-0.2, 0) is 14.3 Å². The second kappa shape index (κ2) is 6.27. The third kappa shape index (κ3) is 4.89. The highest BCUT2D eigenvalue weighted by molar-refractivity contribution is 6.35. The number of amides is 1. The average molecular weight is 274 g/mol. The molecule has 0 heterocycles. The first-order valence-corrected chi connectivity index (χ1v) is 5.33. The fourth-order valence-electron chi connectivity index (χ4n) is 0.985. The van der Waals surface area contributed by atoms with Crippen LogP contribution in [0.25, 0.3) is 6.08 Å². The molecule has 6 heteroatoms. The molecule has 1 amide bonds. The van der Waals surface area contributed by atoms with Crippen molar-refractivity contribution in [2.45, 2.75) is 0 Å². The van der Waals surface area contributed by atoms with Crippen LogP contribution in [0.15, 0.2) is 24.3 Å². The molecule has 0 aromatic heterocycles. The summed E-state index contributed by atoms with van der Waals surface area (Å²) in [7, 11) is 0. The van der Waals surface area contributed by atoms with Crippen molar-refractivity contribution >= 4 is 41.2 Å². The van der Waals surface area contributed by atoms with Crippen molar-refractivity contribution in [1.29, 1.82) is 0 Å². The second-order valence-corrected chi connectivity index (χ2v) is 3.92. The van der Waals surface area contributed by atoms with Gasteiger partial charge in [-0.2, -0.15) is 0 Å². The molecule has 17 heavy (non-hydrogen) atoms. The molecule has 0 aliphatic rings. The lowest BCUT2D eigenvalue weighted by molar-refractivity contribution is -0.142. The summed E-state index contributed by atoms with van der Waals surface area (Å²) in [6.07, 6.45) is 2.61. The highest BCUT2D eigenvalue weighted by atomic mass is 35.5. The van der Waals surface area contributed by atoms with Crippen LogP contribution in [0.3, 0.4) is 0 Å². The summed E-state index contributed by atoms with van der Waals surface area (Å²) in [5.41, 5.74) is 5.43. The van der Waals surface area contributed by atoms with Crippen LogP contribution in [0.5, 0.6) is 0 Å². The molecule has 1 aromatic rings. The molecule has 0 atom stereocenters. The van der Waals surface area contributed by atoms with Gasteiger partial charge in [-0.1, -0.05) is 29.3 Å². The topological polar surface area (TPSA) is 69.4 Å². The molecule has 1 aromatic carbocycles. The molecule has 4 nitrogen and oxygen atoms in total.